The lowest BCUT2D eigenvalue weighted by Crippen LogP contribution is -2.46. The Balaban J connectivity index is 1.30. The van der Waals surface area contributed by atoms with Gasteiger partial charge in [-0.3, -0.25) is 19.3 Å². The van der Waals surface area contributed by atoms with Crippen LogP contribution in [0.1, 0.15) is 0 Å². The number of carbonyl (C=O) groups is 3. The van der Waals surface area contributed by atoms with Gasteiger partial charge in [-0.2, -0.15) is 5.10 Å². The molecule has 0 bridgehead atoms. The van der Waals surface area contributed by atoms with Crippen molar-refractivity contribution >= 4 is 45.0 Å². The van der Waals surface area contributed by atoms with E-state index >= 15 is 0 Å². The summed E-state index contributed by atoms with van der Waals surface area (Å²) in [6.45, 7) is -0.589. The first kappa shape index (κ1) is 20.5. The van der Waals surface area contributed by atoms with Crippen LogP contribution in [-0.2, 0) is 14.4 Å². The van der Waals surface area contributed by atoms with Gasteiger partial charge in [0.25, 0.3) is 5.91 Å². The van der Waals surface area contributed by atoms with Crippen molar-refractivity contribution in [3.05, 3.63) is 59.6 Å². The molecule has 158 valence electrons. The Hall–Kier alpha value is -3.73. The number of hydrogen-bond donors (Lipinski definition) is 2. The molecule has 11 heteroatoms. The standard InChI is InChI=1S/C20H17BrN6O4/c21-13-1-6-16-17(7-13)31-10-20(30)26(16)9-19(29)23-8-18(28)25-14-2-4-15(5-3-14)27-12-22-11-24-27/h1-7,11-12H,8-10H2,(H,23,29)(H,25,28). The molecule has 0 saturated carbocycles. The second-order valence-electron chi connectivity index (χ2n) is 6.59. The minimum absolute atomic E-state index is 0.151. The number of rotatable bonds is 6. The number of nitrogens with one attached hydrogen (secondary N) is 2. The van der Waals surface area contributed by atoms with Crippen molar-refractivity contribution in [3.8, 4) is 11.4 Å². The molecule has 2 aromatic carbocycles. The number of halogens is 1. The van der Waals surface area contributed by atoms with Crippen LogP contribution < -0.4 is 20.3 Å². The van der Waals surface area contributed by atoms with E-state index < -0.39 is 5.91 Å². The third-order valence-corrected chi connectivity index (χ3v) is 4.94. The number of amides is 3. The minimum atomic E-state index is -0.458. The Labute approximate surface area is 185 Å². The highest BCUT2D eigenvalue weighted by molar-refractivity contribution is 9.10. The number of ether oxygens (including phenoxy) is 1. The Morgan fingerprint density at radius 1 is 1.13 bits per heavy atom. The monoisotopic (exact) mass is 484 g/mol. The fourth-order valence-corrected chi connectivity index (χ4v) is 3.31. The second kappa shape index (κ2) is 8.96. The summed E-state index contributed by atoms with van der Waals surface area (Å²) in [7, 11) is 0. The Bertz CT molecular complexity index is 1120. The second-order valence-corrected chi connectivity index (χ2v) is 7.51. The van der Waals surface area contributed by atoms with Crippen LogP contribution in [0, 0.1) is 0 Å². The van der Waals surface area contributed by atoms with Crippen LogP contribution in [0.25, 0.3) is 5.69 Å². The maximum atomic E-state index is 12.3. The van der Waals surface area contributed by atoms with Crippen molar-refractivity contribution in [1.82, 2.24) is 20.1 Å². The first-order valence-corrected chi connectivity index (χ1v) is 10.0. The van der Waals surface area contributed by atoms with E-state index in [1.165, 1.54) is 11.2 Å². The number of aromatic nitrogens is 3. The lowest BCUT2D eigenvalue weighted by Gasteiger charge is -2.28. The zero-order valence-corrected chi connectivity index (χ0v) is 17.7. The van der Waals surface area contributed by atoms with Gasteiger partial charge in [-0.25, -0.2) is 9.67 Å². The van der Waals surface area contributed by atoms with Crippen LogP contribution in [0.5, 0.6) is 5.75 Å². The Morgan fingerprint density at radius 2 is 1.94 bits per heavy atom. The summed E-state index contributed by atoms with van der Waals surface area (Å²) in [6, 6.07) is 12.2. The number of anilines is 2. The van der Waals surface area contributed by atoms with Crippen molar-refractivity contribution in [2.24, 2.45) is 0 Å². The van der Waals surface area contributed by atoms with E-state index in [2.05, 4.69) is 36.6 Å². The summed E-state index contributed by atoms with van der Waals surface area (Å²) >= 11 is 3.34. The van der Waals surface area contributed by atoms with Gasteiger partial charge in [0.1, 0.15) is 24.9 Å². The van der Waals surface area contributed by atoms with Crippen LogP contribution >= 0.6 is 15.9 Å². The van der Waals surface area contributed by atoms with E-state index in [-0.39, 0.29) is 31.5 Å². The third kappa shape index (κ3) is 4.89. The maximum Gasteiger partial charge on any atom is 0.265 e. The highest BCUT2D eigenvalue weighted by Gasteiger charge is 2.27. The molecule has 0 spiro atoms. The Kier molecular flexibility index (Phi) is 5.94. The van der Waals surface area contributed by atoms with Crippen molar-refractivity contribution in [2.45, 2.75) is 0 Å². The van der Waals surface area contributed by atoms with Gasteiger partial charge in [-0.05, 0) is 42.5 Å². The Morgan fingerprint density at radius 3 is 2.68 bits per heavy atom. The van der Waals surface area contributed by atoms with Crippen LogP contribution in [0.3, 0.4) is 0 Å². The summed E-state index contributed by atoms with van der Waals surface area (Å²) in [5.74, 6) is -0.670. The summed E-state index contributed by atoms with van der Waals surface area (Å²) in [5.41, 5.74) is 1.88. The third-order valence-electron chi connectivity index (χ3n) is 4.45. The molecule has 1 aromatic heterocycles. The van der Waals surface area contributed by atoms with Crippen molar-refractivity contribution in [3.63, 3.8) is 0 Å². The maximum absolute atomic E-state index is 12.3. The van der Waals surface area contributed by atoms with E-state index in [0.29, 0.717) is 17.1 Å². The smallest absolute Gasteiger partial charge is 0.265 e. The molecule has 0 aliphatic carbocycles. The molecule has 0 fully saturated rings. The predicted octanol–water partition coefficient (Wildman–Crippen LogP) is 1.51. The first-order valence-electron chi connectivity index (χ1n) is 9.24. The predicted molar refractivity (Wildman–Crippen MR) is 115 cm³/mol. The van der Waals surface area contributed by atoms with E-state index in [4.69, 9.17) is 4.74 Å². The van der Waals surface area contributed by atoms with Gasteiger partial charge >= 0.3 is 0 Å². The van der Waals surface area contributed by atoms with E-state index in [1.807, 2.05) is 0 Å². The zero-order valence-electron chi connectivity index (χ0n) is 16.1. The van der Waals surface area contributed by atoms with Crippen molar-refractivity contribution in [2.75, 3.05) is 29.9 Å². The minimum Gasteiger partial charge on any atom is -0.482 e. The SMILES string of the molecule is O=C(CN1C(=O)COc2cc(Br)ccc21)NCC(=O)Nc1ccc(-n2cncn2)cc1. The lowest BCUT2D eigenvalue weighted by atomic mass is 10.2. The summed E-state index contributed by atoms with van der Waals surface area (Å²) in [5, 5.41) is 9.26. The first-order chi connectivity index (χ1) is 15.0. The molecule has 2 N–H and O–H groups in total. The molecule has 1 aliphatic rings. The molecule has 4 rings (SSSR count). The summed E-state index contributed by atoms with van der Waals surface area (Å²) in [4.78, 5) is 41.9. The van der Waals surface area contributed by atoms with E-state index in [1.54, 1.807) is 53.5 Å². The van der Waals surface area contributed by atoms with Gasteiger partial charge in [0, 0.05) is 10.2 Å². The topological polar surface area (TPSA) is 118 Å². The molecule has 3 aromatic rings. The van der Waals surface area contributed by atoms with E-state index in [0.717, 1.165) is 10.2 Å². The number of fused-ring (bicyclic) bond motifs is 1. The lowest BCUT2D eigenvalue weighted by molar-refractivity contribution is -0.126. The largest absolute Gasteiger partial charge is 0.482 e. The highest BCUT2D eigenvalue weighted by Crippen LogP contribution is 2.34. The van der Waals surface area contributed by atoms with Gasteiger partial charge in [0.15, 0.2) is 6.61 Å². The molecule has 0 unspecified atom stereocenters. The molecule has 2 heterocycles. The zero-order chi connectivity index (χ0) is 21.8. The average molecular weight is 485 g/mol. The normalized spacial score (nSPS) is 12.7. The molecule has 0 atom stereocenters. The van der Waals surface area contributed by atoms with Gasteiger partial charge in [0.05, 0.1) is 17.9 Å². The summed E-state index contributed by atoms with van der Waals surface area (Å²) < 4.78 is 7.79. The summed E-state index contributed by atoms with van der Waals surface area (Å²) in [6.07, 6.45) is 3.00. The number of carbonyl (C=O) groups excluding carboxylic acids is 3. The van der Waals surface area contributed by atoms with Crippen LogP contribution in [-0.4, -0.2) is 52.2 Å². The average Bonchev–Trinajstić information content (AvgIpc) is 3.30. The van der Waals surface area contributed by atoms with Crippen LogP contribution in [0.4, 0.5) is 11.4 Å². The van der Waals surface area contributed by atoms with Crippen molar-refractivity contribution in [1.29, 1.82) is 0 Å². The van der Waals surface area contributed by atoms with Crippen LogP contribution in [0.2, 0.25) is 0 Å². The fraction of sp³-hybridized carbons (Fsp3) is 0.150. The van der Waals surface area contributed by atoms with E-state index in [9.17, 15) is 14.4 Å². The molecule has 3 amide bonds. The molecule has 31 heavy (non-hydrogen) atoms. The van der Waals surface area contributed by atoms with Gasteiger partial charge in [-0.15, -0.1) is 0 Å². The molecule has 0 radical (unpaired) electrons. The van der Waals surface area contributed by atoms with Gasteiger partial charge in [-0.1, -0.05) is 15.9 Å². The number of hydrogen-bond acceptors (Lipinski definition) is 6. The van der Waals surface area contributed by atoms with Crippen LogP contribution in [0.15, 0.2) is 59.6 Å². The van der Waals surface area contributed by atoms with Crippen molar-refractivity contribution < 1.29 is 19.1 Å². The molecule has 10 nitrogen and oxygen atoms in total. The molecular formula is C20H17BrN6O4. The molecule has 0 saturated heterocycles. The number of benzene rings is 2. The number of nitrogens with zero attached hydrogens (tertiary/aromatic N) is 4. The van der Waals surface area contributed by atoms with Gasteiger partial charge < -0.3 is 15.4 Å². The fourth-order valence-electron chi connectivity index (χ4n) is 2.97. The quantitative estimate of drug-likeness (QED) is 0.547. The van der Waals surface area contributed by atoms with Gasteiger partial charge in [0.2, 0.25) is 11.8 Å². The molecular weight excluding hydrogens is 468 g/mol. The molecule has 1 aliphatic heterocycles. The highest BCUT2D eigenvalue weighted by atomic mass is 79.9.